The molecule has 1 aromatic carbocycles. The molecule has 1 aliphatic heterocycles. The molecule has 1 atom stereocenters. The van der Waals surface area contributed by atoms with Gasteiger partial charge in [0, 0.05) is 12.6 Å². The van der Waals surface area contributed by atoms with E-state index in [1.807, 2.05) is 0 Å². The van der Waals surface area contributed by atoms with E-state index in [1.165, 1.54) is 12.0 Å². The normalized spacial score (nSPS) is 16.1. The standard InChI is InChI=1S/C12H14N2O3/c1-7(13)6-14-11(15)9-4-3-8(17-2)5-10(9)12(14)16/h3-5,7H,6,13H2,1-2H3. The van der Waals surface area contributed by atoms with Crippen molar-refractivity contribution in [3.63, 3.8) is 0 Å². The molecule has 0 aliphatic carbocycles. The van der Waals surface area contributed by atoms with Crippen LogP contribution in [0.4, 0.5) is 0 Å². The lowest BCUT2D eigenvalue weighted by molar-refractivity contribution is 0.0647. The van der Waals surface area contributed by atoms with Crippen LogP contribution in [0.5, 0.6) is 5.75 Å². The van der Waals surface area contributed by atoms with Crippen molar-refractivity contribution in [2.24, 2.45) is 5.73 Å². The van der Waals surface area contributed by atoms with Crippen LogP contribution in [0.2, 0.25) is 0 Å². The third-order valence-electron chi connectivity index (χ3n) is 2.65. The van der Waals surface area contributed by atoms with Crippen molar-refractivity contribution in [2.45, 2.75) is 13.0 Å². The van der Waals surface area contributed by atoms with Gasteiger partial charge in [0.25, 0.3) is 11.8 Å². The van der Waals surface area contributed by atoms with Crippen LogP contribution in [0.3, 0.4) is 0 Å². The van der Waals surface area contributed by atoms with Gasteiger partial charge < -0.3 is 10.5 Å². The number of nitrogens with zero attached hydrogens (tertiary/aromatic N) is 1. The van der Waals surface area contributed by atoms with E-state index in [4.69, 9.17) is 10.5 Å². The first-order chi connectivity index (χ1) is 8.04. The van der Waals surface area contributed by atoms with Crippen molar-refractivity contribution in [2.75, 3.05) is 13.7 Å². The highest BCUT2D eigenvalue weighted by Crippen LogP contribution is 2.26. The summed E-state index contributed by atoms with van der Waals surface area (Å²) in [7, 11) is 1.52. The van der Waals surface area contributed by atoms with Gasteiger partial charge in [-0.15, -0.1) is 0 Å². The van der Waals surface area contributed by atoms with Gasteiger partial charge >= 0.3 is 0 Å². The quantitative estimate of drug-likeness (QED) is 0.779. The molecule has 0 saturated heterocycles. The largest absolute Gasteiger partial charge is 0.497 e. The lowest BCUT2D eigenvalue weighted by atomic mass is 10.1. The SMILES string of the molecule is COc1ccc2c(c1)C(=O)N(CC(C)N)C2=O. The fourth-order valence-electron chi connectivity index (χ4n) is 1.85. The van der Waals surface area contributed by atoms with Gasteiger partial charge in [-0.25, -0.2) is 0 Å². The summed E-state index contributed by atoms with van der Waals surface area (Å²) < 4.78 is 5.03. The number of fused-ring (bicyclic) bond motifs is 1. The van der Waals surface area contributed by atoms with Gasteiger partial charge in [-0.3, -0.25) is 14.5 Å². The van der Waals surface area contributed by atoms with E-state index in [2.05, 4.69) is 0 Å². The first-order valence-electron chi connectivity index (χ1n) is 5.34. The highest BCUT2D eigenvalue weighted by Gasteiger charge is 2.35. The predicted molar refractivity (Wildman–Crippen MR) is 62.0 cm³/mol. The van der Waals surface area contributed by atoms with Gasteiger partial charge in [0.2, 0.25) is 0 Å². The third kappa shape index (κ3) is 1.89. The smallest absolute Gasteiger partial charge is 0.261 e. The van der Waals surface area contributed by atoms with Gasteiger partial charge in [0.15, 0.2) is 0 Å². The second-order valence-electron chi connectivity index (χ2n) is 4.11. The molecule has 17 heavy (non-hydrogen) atoms. The molecule has 0 saturated carbocycles. The zero-order chi connectivity index (χ0) is 12.6. The highest BCUT2D eigenvalue weighted by molar-refractivity contribution is 6.21. The Morgan fingerprint density at radius 1 is 1.29 bits per heavy atom. The molecule has 1 aromatic rings. The zero-order valence-corrected chi connectivity index (χ0v) is 9.77. The Hall–Kier alpha value is -1.88. The topological polar surface area (TPSA) is 72.6 Å². The van der Waals surface area contributed by atoms with Crippen LogP contribution >= 0.6 is 0 Å². The van der Waals surface area contributed by atoms with Crippen LogP contribution < -0.4 is 10.5 Å². The fourth-order valence-corrected chi connectivity index (χ4v) is 1.85. The average Bonchev–Trinajstić information content (AvgIpc) is 2.53. The van der Waals surface area contributed by atoms with Gasteiger partial charge in [-0.2, -0.15) is 0 Å². The zero-order valence-electron chi connectivity index (χ0n) is 9.77. The van der Waals surface area contributed by atoms with Crippen LogP contribution in [0.15, 0.2) is 18.2 Å². The maximum absolute atomic E-state index is 12.0. The minimum atomic E-state index is -0.304. The van der Waals surface area contributed by atoms with E-state index < -0.39 is 0 Å². The molecule has 0 bridgehead atoms. The number of hydrogen-bond donors (Lipinski definition) is 1. The second-order valence-corrected chi connectivity index (χ2v) is 4.11. The summed E-state index contributed by atoms with van der Waals surface area (Å²) >= 11 is 0. The summed E-state index contributed by atoms with van der Waals surface area (Å²) in [6, 6.07) is 4.62. The highest BCUT2D eigenvalue weighted by atomic mass is 16.5. The summed E-state index contributed by atoms with van der Waals surface area (Å²) in [6.45, 7) is 1.98. The molecule has 0 aromatic heterocycles. The summed E-state index contributed by atoms with van der Waals surface area (Å²) in [4.78, 5) is 25.1. The minimum Gasteiger partial charge on any atom is -0.497 e. The Bertz CT molecular complexity index is 483. The fraction of sp³-hybridized carbons (Fsp3) is 0.333. The Labute approximate surface area is 99.2 Å². The van der Waals surface area contributed by atoms with Crippen LogP contribution in [-0.4, -0.2) is 36.4 Å². The van der Waals surface area contributed by atoms with Crippen LogP contribution in [0.25, 0.3) is 0 Å². The molecule has 5 heteroatoms. The minimum absolute atomic E-state index is 0.231. The number of methoxy groups -OCH3 is 1. The number of rotatable bonds is 3. The Morgan fingerprint density at radius 3 is 2.53 bits per heavy atom. The number of carbonyl (C=O) groups excluding carboxylic acids is 2. The van der Waals surface area contributed by atoms with Crippen LogP contribution in [-0.2, 0) is 0 Å². The third-order valence-corrected chi connectivity index (χ3v) is 2.65. The summed E-state index contributed by atoms with van der Waals surface area (Å²) in [6.07, 6.45) is 0. The van der Waals surface area contributed by atoms with E-state index in [-0.39, 0.29) is 24.4 Å². The van der Waals surface area contributed by atoms with Crippen molar-refractivity contribution in [3.05, 3.63) is 29.3 Å². The lowest BCUT2D eigenvalue weighted by Gasteiger charge is -2.15. The molecule has 0 spiro atoms. The molecule has 5 nitrogen and oxygen atoms in total. The van der Waals surface area contributed by atoms with Crippen LogP contribution in [0.1, 0.15) is 27.6 Å². The van der Waals surface area contributed by atoms with E-state index in [0.29, 0.717) is 16.9 Å². The first kappa shape index (κ1) is 11.6. The molecular formula is C12H14N2O3. The van der Waals surface area contributed by atoms with E-state index >= 15 is 0 Å². The number of amides is 2. The molecule has 0 fully saturated rings. The number of imide groups is 1. The summed E-state index contributed by atoms with van der Waals surface area (Å²) in [5, 5.41) is 0. The van der Waals surface area contributed by atoms with E-state index in [0.717, 1.165) is 0 Å². The van der Waals surface area contributed by atoms with Gasteiger partial charge in [-0.1, -0.05) is 0 Å². The summed E-state index contributed by atoms with van der Waals surface area (Å²) in [5.74, 6) is -0.0290. The number of benzene rings is 1. The monoisotopic (exact) mass is 234 g/mol. The number of nitrogens with two attached hydrogens (primary N) is 1. The molecule has 2 rings (SSSR count). The molecule has 1 heterocycles. The molecule has 0 radical (unpaired) electrons. The molecule has 2 N–H and O–H groups in total. The lowest BCUT2D eigenvalue weighted by Crippen LogP contribution is -2.39. The van der Waals surface area contributed by atoms with Crippen LogP contribution in [0, 0.1) is 0 Å². The Kier molecular flexibility index (Phi) is 2.85. The molecule has 90 valence electrons. The van der Waals surface area contributed by atoms with E-state index in [1.54, 1.807) is 25.1 Å². The number of hydrogen-bond acceptors (Lipinski definition) is 4. The average molecular weight is 234 g/mol. The molecular weight excluding hydrogens is 220 g/mol. The second kappa shape index (κ2) is 4.18. The predicted octanol–water partition coefficient (Wildman–Crippen LogP) is 0.638. The van der Waals surface area contributed by atoms with Crippen molar-refractivity contribution in [1.82, 2.24) is 4.90 Å². The Balaban J connectivity index is 2.38. The van der Waals surface area contributed by atoms with Crippen molar-refractivity contribution < 1.29 is 14.3 Å². The van der Waals surface area contributed by atoms with Gasteiger partial charge in [0.1, 0.15) is 5.75 Å². The van der Waals surface area contributed by atoms with E-state index in [9.17, 15) is 9.59 Å². The number of ether oxygens (including phenoxy) is 1. The summed E-state index contributed by atoms with van der Waals surface area (Å²) in [5.41, 5.74) is 6.41. The molecule has 2 amide bonds. The maximum atomic E-state index is 12.0. The Morgan fingerprint density at radius 2 is 1.94 bits per heavy atom. The van der Waals surface area contributed by atoms with Gasteiger partial charge in [0.05, 0.1) is 18.2 Å². The van der Waals surface area contributed by atoms with Crippen molar-refractivity contribution >= 4 is 11.8 Å². The maximum Gasteiger partial charge on any atom is 0.261 e. The number of carbonyl (C=O) groups is 2. The molecule has 1 unspecified atom stereocenters. The van der Waals surface area contributed by atoms with Gasteiger partial charge in [-0.05, 0) is 25.1 Å². The molecule has 1 aliphatic rings. The van der Waals surface area contributed by atoms with Crippen molar-refractivity contribution in [1.29, 1.82) is 0 Å². The van der Waals surface area contributed by atoms with Crippen molar-refractivity contribution in [3.8, 4) is 5.75 Å². The first-order valence-corrected chi connectivity index (χ1v) is 5.34.